The molecule has 0 saturated heterocycles. The molecular weight excluding hydrogens is 352 g/mol. The van der Waals surface area contributed by atoms with Crippen LogP contribution in [0.25, 0.3) is 0 Å². The number of nitrogens with zero attached hydrogens (tertiary/aromatic N) is 1. The van der Waals surface area contributed by atoms with Gasteiger partial charge in [-0.2, -0.15) is 0 Å². The first-order valence-electron chi connectivity index (χ1n) is 8.90. The minimum absolute atomic E-state index is 0.120. The fourth-order valence-corrected chi connectivity index (χ4v) is 2.71. The minimum Gasteiger partial charge on any atom is -0.340 e. The van der Waals surface area contributed by atoms with Gasteiger partial charge in [0.25, 0.3) is 5.91 Å². The largest absolute Gasteiger partial charge is 0.340 e. The number of carbonyl (C=O) groups is 2. The predicted octanol–water partition coefficient (Wildman–Crippen LogP) is 4.65. The van der Waals surface area contributed by atoms with Crippen molar-refractivity contribution in [2.75, 3.05) is 16.0 Å². The lowest BCUT2D eigenvalue weighted by molar-refractivity contribution is -0.114. The van der Waals surface area contributed by atoms with Gasteiger partial charge in [-0.15, -0.1) is 0 Å². The third-order valence-electron chi connectivity index (χ3n) is 4.35. The number of hydrogen-bond donors (Lipinski definition) is 3. The number of aryl methyl sites for hydroxylation is 1. The summed E-state index contributed by atoms with van der Waals surface area (Å²) < 4.78 is 0. The van der Waals surface area contributed by atoms with Crippen LogP contribution >= 0.6 is 0 Å². The third-order valence-corrected chi connectivity index (χ3v) is 4.35. The summed E-state index contributed by atoms with van der Waals surface area (Å²) in [5.41, 5.74) is 4.99. The quantitative estimate of drug-likeness (QED) is 0.607. The van der Waals surface area contributed by atoms with Crippen LogP contribution in [0.15, 0.2) is 60.8 Å². The summed E-state index contributed by atoms with van der Waals surface area (Å²) >= 11 is 0. The molecule has 0 aliphatic heterocycles. The van der Waals surface area contributed by atoms with Crippen LogP contribution < -0.4 is 16.0 Å². The first-order valence-corrected chi connectivity index (χ1v) is 8.90. The molecule has 0 unspecified atom stereocenters. The standard InChI is InChI=1S/C22H22N4O2/c1-14-5-4-6-20(15(14)2)26-22(28)17-11-12-23-21(13-17)25-19-9-7-18(8-10-19)24-16(3)27/h4-13H,1-3H3,(H,23,25)(H,24,27)(H,26,28). The Balaban J connectivity index is 1.72. The van der Waals surface area contributed by atoms with E-state index in [1.165, 1.54) is 6.92 Å². The Labute approximate surface area is 164 Å². The summed E-state index contributed by atoms with van der Waals surface area (Å²) in [7, 11) is 0. The Hall–Kier alpha value is -3.67. The highest BCUT2D eigenvalue weighted by Gasteiger charge is 2.10. The van der Waals surface area contributed by atoms with Crippen molar-refractivity contribution in [3.05, 3.63) is 77.5 Å². The lowest BCUT2D eigenvalue weighted by Crippen LogP contribution is -2.13. The van der Waals surface area contributed by atoms with Gasteiger partial charge in [-0.3, -0.25) is 9.59 Å². The first kappa shape index (κ1) is 19.1. The molecule has 0 aliphatic rings. The van der Waals surface area contributed by atoms with Crippen molar-refractivity contribution in [2.24, 2.45) is 0 Å². The highest BCUT2D eigenvalue weighted by molar-refractivity contribution is 6.05. The maximum atomic E-state index is 12.6. The molecule has 3 rings (SSSR count). The van der Waals surface area contributed by atoms with Crippen molar-refractivity contribution in [3.8, 4) is 0 Å². The second-order valence-corrected chi connectivity index (χ2v) is 6.51. The van der Waals surface area contributed by atoms with E-state index in [1.54, 1.807) is 30.5 Å². The average molecular weight is 374 g/mol. The van der Waals surface area contributed by atoms with Crippen LogP contribution in [0, 0.1) is 13.8 Å². The number of pyridine rings is 1. The van der Waals surface area contributed by atoms with E-state index in [4.69, 9.17) is 0 Å². The molecule has 142 valence electrons. The summed E-state index contributed by atoms with van der Waals surface area (Å²) in [6, 6.07) is 16.4. The second-order valence-electron chi connectivity index (χ2n) is 6.51. The molecule has 1 heterocycles. The molecule has 0 saturated carbocycles. The molecule has 1 aromatic heterocycles. The number of hydrogen-bond acceptors (Lipinski definition) is 4. The van der Waals surface area contributed by atoms with E-state index in [0.717, 1.165) is 22.5 Å². The molecule has 0 bridgehead atoms. The number of amides is 2. The Kier molecular flexibility index (Phi) is 5.69. The molecule has 2 amide bonds. The molecule has 0 fully saturated rings. The summed E-state index contributed by atoms with van der Waals surface area (Å²) in [5, 5.41) is 8.83. The number of rotatable bonds is 5. The molecule has 6 nitrogen and oxygen atoms in total. The van der Waals surface area contributed by atoms with Crippen molar-refractivity contribution >= 4 is 34.7 Å². The van der Waals surface area contributed by atoms with E-state index in [1.807, 2.05) is 44.2 Å². The van der Waals surface area contributed by atoms with Gasteiger partial charge >= 0.3 is 0 Å². The van der Waals surface area contributed by atoms with Gasteiger partial charge in [0.05, 0.1) is 0 Å². The fraction of sp³-hybridized carbons (Fsp3) is 0.136. The van der Waals surface area contributed by atoms with Gasteiger partial charge in [-0.1, -0.05) is 12.1 Å². The molecule has 3 N–H and O–H groups in total. The molecule has 0 spiro atoms. The highest BCUT2D eigenvalue weighted by Crippen LogP contribution is 2.21. The van der Waals surface area contributed by atoms with E-state index in [2.05, 4.69) is 20.9 Å². The minimum atomic E-state index is -0.194. The zero-order valence-corrected chi connectivity index (χ0v) is 16.0. The Morgan fingerprint density at radius 2 is 1.61 bits per heavy atom. The van der Waals surface area contributed by atoms with Crippen LogP contribution in [-0.4, -0.2) is 16.8 Å². The van der Waals surface area contributed by atoms with Crippen LogP contribution in [0.5, 0.6) is 0 Å². The van der Waals surface area contributed by atoms with Gasteiger partial charge < -0.3 is 16.0 Å². The lowest BCUT2D eigenvalue weighted by Gasteiger charge is -2.11. The molecule has 0 radical (unpaired) electrons. The van der Waals surface area contributed by atoms with Crippen LogP contribution in [0.4, 0.5) is 22.9 Å². The molecule has 0 atom stereocenters. The zero-order valence-electron chi connectivity index (χ0n) is 16.0. The average Bonchev–Trinajstić information content (AvgIpc) is 2.67. The number of aromatic nitrogens is 1. The fourth-order valence-electron chi connectivity index (χ4n) is 2.71. The van der Waals surface area contributed by atoms with Crippen LogP contribution in [-0.2, 0) is 4.79 Å². The predicted molar refractivity (Wildman–Crippen MR) is 112 cm³/mol. The van der Waals surface area contributed by atoms with E-state index in [9.17, 15) is 9.59 Å². The molecule has 3 aromatic rings. The number of nitrogens with one attached hydrogen (secondary N) is 3. The van der Waals surface area contributed by atoms with Crippen LogP contribution in [0.1, 0.15) is 28.4 Å². The summed E-state index contributed by atoms with van der Waals surface area (Å²) in [6.07, 6.45) is 1.59. The van der Waals surface area contributed by atoms with Gasteiger partial charge in [-0.05, 0) is 67.4 Å². The van der Waals surface area contributed by atoms with Crippen molar-refractivity contribution < 1.29 is 9.59 Å². The number of benzene rings is 2. The monoisotopic (exact) mass is 374 g/mol. The Morgan fingerprint density at radius 3 is 2.32 bits per heavy atom. The first-order chi connectivity index (χ1) is 13.4. The van der Waals surface area contributed by atoms with Crippen molar-refractivity contribution in [1.29, 1.82) is 0 Å². The van der Waals surface area contributed by atoms with Gasteiger partial charge in [0.15, 0.2) is 0 Å². The van der Waals surface area contributed by atoms with Gasteiger partial charge in [0, 0.05) is 35.7 Å². The highest BCUT2D eigenvalue weighted by atomic mass is 16.2. The second kappa shape index (κ2) is 8.35. The molecule has 28 heavy (non-hydrogen) atoms. The van der Waals surface area contributed by atoms with E-state index >= 15 is 0 Å². The van der Waals surface area contributed by atoms with E-state index < -0.39 is 0 Å². The molecular formula is C22H22N4O2. The maximum Gasteiger partial charge on any atom is 0.255 e. The topological polar surface area (TPSA) is 83.1 Å². The molecule has 6 heteroatoms. The van der Waals surface area contributed by atoms with Crippen LogP contribution in [0.2, 0.25) is 0 Å². The Bertz CT molecular complexity index is 1010. The summed E-state index contributed by atoms with van der Waals surface area (Å²) in [4.78, 5) is 28.0. The normalized spacial score (nSPS) is 10.2. The van der Waals surface area contributed by atoms with E-state index in [-0.39, 0.29) is 11.8 Å². The smallest absolute Gasteiger partial charge is 0.255 e. The van der Waals surface area contributed by atoms with E-state index in [0.29, 0.717) is 17.1 Å². The van der Waals surface area contributed by atoms with Gasteiger partial charge in [-0.25, -0.2) is 4.98 Å². The number of anilines is 4. The summed E-state index contributed by atoms with van der Waals surface area (Å²) in [6.45, 7) is 5.46. The van der Waals surface area contributed by atoms with Crippen LogP contribution in [0.3, 0.4) is 0 Å². The lowest BCUT2D eigenvalue weighted by atomic mass is 10.1. The summed E-state index contributed by atoms with van der Waals surface area (Å²) in [5.74, 6) is 0.242. The van der Waals surface area contributed by atoms with Gasteiger partial charge in [0.1, 0.15) is 5.82 Å². The molecule has 2 aromatic carbocycles. The Morgan fingerprint density at radius 1 is 0.893 bits per heavy atom. The van der Waals surface area contributed by atoms with Crippen molar-refractivity contribution in [2.45, 2.75) is 20.8 Å². The van der Waals surface area contributed by atoms with Crippen molar-refractivity contribution in [3.63, 3.8) is 0 Å². The maximum absolute atomic E-state index is 12.6. The molecule has 0 aliphatic carbocycles. The zero-order chi connectivity index (χ0) is 20.1. The van der Waals surface area contributed by atoms with Gasteiger partial charge in [0.2, 0.25) is 5.91 Å². The SMILES string of the molecule is CC(=O)Nc1ccc(Nc2cc(C(=O)Nc3cccc(C)c3C)ccn2)cc1. The third kappa shape index (κ3) is 4.73. The number of carbonyl (C=O) groups excluding carboxylic acids is 2. The van der Waals surface area contributed by atoms with Crippen molar-refractivity contribution in [1.82, 2.24) is 4.98 Å².